The third kappa shape index (κ3) is 2.98. The second-order valence-corrected chi connectivity index (χ2v) is 5.23. The van der Waals surface area contributed by atoms with Crippen LogP contribution in [0.2, 0.25) is 0 Å². The number of carbonyl (C=O) groups excluding carboxylic acids is 1. The van der Waals surface area contributed by atoms with Gasteiger partial charge >= 0.3 is 0 Å². The molecule has 0 bridgehead atoms. The predicted molar refractivity (Wildman–Crippen MR) is 63.7 cm³/mol. The number of morpholine rings is 1. The molecule has 0 aliphatic carbocycles. The van der Waals surface area contributed by atoms with E-state index >= 15 is 0 Å². The highest BCUT2D eigenvalue weighted by atomic mass is 32.2. The van der Waals surface area contributed by atoms with Crippen LogP contribution in [-0.4, -0.2) is 57.1 Å². The number of aryl methyl sites for hydroxylation is 1. The van der Waals surface area contributed by atoms with E-state index in [0.29, 0.717) is 26.3 Å². The van der Waals surface area contributed by atoms with Crippen molar-refractivity contribution in [3.63, 3.8) is 0 Å². The largest absolute Gasteiger partial charge is 0.378 e. The fourth-order valence-electron chi connectivity index (χ4n) is 1.63. The molecule has 1 saturated heterocycles. The zero-order chi connectivity index (χ0) is 12.3. The summed E-state index contributed by atoms with van der Waals surface area (Å²) in [6.45, 7) is 4.53. The van der Waals surface area contributed by atoms with Gasteiger partial charge in [-0.2, -0.15) is 0 Å². The molecule has 6 nitrogen and oxygen atoms in total. The molecule has 1 aromatic rings. The van der Waals surface area contributed by atoms with E-state index in [-0.39, 0.29) is 11.2 Å². The van der Waals surface area contributed by atoms with E-state index in [1.807, 2.05) is 23.4 Å². The first-order valence-corrected chi connectivity index (χ1v) is 6.43. The highest BCUT2D eigenvalue weighted by molar-refractivity contribution is 8.00. The lowest BCUT2D eigenvalue weighted by molar-refractivity contribution is -0.134. The summed E-state index contributed by atoms with van der Waals surface area (Å²) in [4.78, 5) is 14.0. The molecule has 0 saturated carbocycles. The van der Waals surface area contributed by atoms with E-state index in [9.17, 15) is 4.79 Å². The first-order valence-electron chi connectivity index (χ1n) is 5.55. The summed E-state index contributed by atoms with van der Waals surface area (Å²) in [7, 11) is 1.87. The third-order valence-electron chi connectivity index (χ3n) is 2.62. The lowest BCUT2D eigenvalue weighted by atomic mass is 10.3. The van der Waals surface area contributed by atoms with Gasteiger partial charge in [-0.05, 0) is 6.92 Å². The summed E-state index contributed by atoms with van der Waals surface area (Å²) < 4.78 is 7.04. The molecule has 1 amide bonds. The molecule has 0 spiro atoms. The summed E-state index contributed by atoms with van der Waals surface area (Å²) in [6.07, 6.45) is 1.63. The number of amides is 1. The van der Waals surface area contributed by atoms with E-state index < -0.39 is 0 Å². The molecule has 2 rings (SSSR count). The Bertz CT molecular complexity index is 389. The smallest absolute Gasteiger partial charge is 0.236 e. The molecular formula is C10H16N4O2S. The van der Waals surface area contributed by atoms with Crippen LogP contribution in [0.5, 0.6) is 0 Å². The summed E-state index contributed by atoms with van der Waals surface area (Å²) >= 11 is 1.44. The number of hydrogen-bond donors (Lipinski definition) is 0. The van der Waals surface area contributed by atoms with Gasteiger partial charge in [0.2, 0.25) is 5.91 Å². The van der Waals surface area contributed by atoms with E-state index in [0.717, 1.165) is 5.16 Å². The maximum Gasteiger partial charge on any atom is 0.236 e. The Labute approximate surface area is 104 Å². The van der Waals surface area contributed by atoms with Crippen LogP contribution in [0.4, 0.5) is 0 Å². The maximum atomic E-state index is 12.1. The zero-order valence-electron chi connectivity index (χ0n) is 10.00. The highest BCUT2D eigenvalue weighted by Crippen LogP contribution is 2.21. The Morgan fingerprint density at radius 2 is 2.24 bits per heavy atom. The second-order valence-electron chi connectivity index (χ2n) is 3.92. The molecule has 1 aliphatic heterocycles. The topological polar surface area (TPSA) is 60.2 Å². The SMILES string of the molecule is CC(Sc1nncn1C)C(=O)N1CCOCC1. The molecule has 1 aliphatic rings. The van der Waals surface area contributed by atoms with Crippen molar-refractivity contribution in [1.29, 1.82) is 0 Å². The van der Waals surface area contributed by atoms with Crippen molar-refractivity contribution < 1.29 is 9.53 Å². The quantitative estimate of drug-likeness (QED) is 0.721. The van der Waals surface area contributed by atoms with E-state index in [1.54, 1.807) is 6.33 Å². The molecule has 0 aromatic carbocycles. The summed E-state index contributed by atoms with van der Waals surface area (Å²) in [5.74, 6) is 0.140. The second kappa shape index (κ2) is 5.50. The molecule has 0 radical (unpaired) electrons. The van der Waals surface area contributed by atoms with Gasteiger partial charge in [-0.15, -0.1) is 10.2 Å². The van der Waals surface area contributed by atoms with Gasteiger partial charge in [0.05, 0.1) is 18.5 Å². The van der Waals surface area contributed by atoms with Gasteiger partial charge in [0.1, 0.15) is 6.33 Å². The lowest BCUT2D eigenvalue weighted by Crippen LogP contribution is -2.44. The molecule has 0 N–H and O–H groups in total. The van der Waals surface area contributed by atoms with Crippen LogP contribution >= 0.6 is 11.8 Å². The van der Waals surface area contributed by atoms with Gasteiger partial charge in [0.15, 0.2) is 5.16 Å². The Morgan fingerprint density at radius 1 is 1.53 bits per heavy atom. The van der Waals surface area contributed by atoms with Crippen molar-refractivity contribution in [1.82, 2.24) is 19.7 Å². The number of aromatic nitrogens is 3. The monoisotopic (exact) mass is 256 g/mol. The Balaban J connectivity index is 1.93. The Morgan fingerprint density at radius 3 is 2.82 bits per heavy atom. The molecule has 2 heterocycles. The number of thioether (sulfide) groups is 1. The molecule has 7 heteroatoms. The van der Waals surface area contributed by atoms with Crippen molar-refractivity contribution >= 4 is 17.7 Å². The van der Waals surface area contributed by atoms with Crippen LogP contribution in [0.1, 0.15) is 6.92 Å². The van der Waals surface area contributed by atoms with Crippen LogP contribution in [-0.2, 0) is 16.6 Å². The fraction of sp³-hybridized carbons (Fsp3) is 0.700. The minimum Gasteiger partial charge on any atom is -0.378 e. The van der Waals surface area contributed by atoms with Crippen molar-refractivity contribution in [2.24, 2.45) is 7.05 Å². The number of carbonyl (C=O) groups is 1. The lowest BCUT2D eigenvalue weighted by Gasteiger charge is -2.28. The standard InChI is InChI=1S/C10H16N4O2S/c1-8(17-10-12-11-7-13(10)2)9(15)14-3-5-16-6-4-14/h7-8H,3-6H2,1-2H3. The first kappa shape index (κ1) is 12.4. The van der Waals surface area contributed by atoms with Crippen LogP contribution in [0.3, 0.4) is 0 Å². The number of rotatable bonds is 3. The van der Waals surface area contributed by atoms with Crippen LogP contribution in [0.25, 0.3) is 0 Å². The van der Waals surface area contributed by atoms with Gasteiger partial charge in [-0.25, -0.2) is 0 Å². The number of hydrogen-bond acceptors (Lipinski definition) is 5. The zero-order valence-corrected chi connectivity index (χ0v) is 10.8. The minimum absolute atomic E-state index is 0.140. The van der Waals surface area contributed by atoms with Gasteiger partial charge in [0.25, 0.3) is 0 Å². The van der Waals surface area contributed by atoms with Gasteiger partial charge in [-0.3, -0.25) is 4.79 Å². The third-order valence-corrected chi connectivity index (χ3v) is 3.76. The number of ether oxygens (including phenoxy) is 1. The van der Waals surface area contributed by atoms with Crippen molar-refractivity contribution in [3.05, 3.63) is 6.33 Å². The van der Waals surface area contributed by atoms with Crippen LogP contribution < -0.4 is 0 Å². The predicted octanol–water partition coefficient (Wildman–Crippen LogP) is 0.154. The normalized spacial score (nSPS) is 18.1. The average Bonchev–Trinajstić information content (AvgIpc) is 2.75. The molecule has 94 valence electrons. The van der Waals surface area contributed by atoms with Crippen LogP contribution in [0.15, 0.2) is 11.5 Å². The summed E-state index contributed by atoms with van der Waals surface area (Å²) in [5.41, 5.74) is 0. The maximum absolute atomic E-state index is 12.1. The fourth-order valence-corrected chi connectivity index (χ4v) is 2.50. The molecule has 17 heavy (non-hydrogen) atoms. The van der Waals surface area contributed by atoms with E-state index in [1.165, 1.54) is 11.8 Å². The molecule has 1 atom stereocenters. The van der Waals surface area contributed by atoms with Crippen molar-refractivity contribution in [3.8, 4) is 0 Å². The summed E-state index contributed by atoms with van der Waals surface area (Å²) in [5, 5.41) is 8.38. The van der Waals surface area contributed by atoms with E-state index in [2.05, 4.69) is 10.2 Å². The van der Waals surface area contributed by atoms with Gasteiger partial charge in [0, 0.05) is 20.1 Å². The highest BCUT2D eigenvalue weighted by Gasteiger charge is 2.24. The minimum atomic E-state index is -0.143. The summed E-state index contributed by atoms with van der Waals surface area (Å²) in [6, 6.07) is 0. The molecule has 1 aromatic heterocycles. The molecular weight excluding hydrogens is 240 g/mol. The van der Waals surface area contributed by atoms with Gasteiger partial charge in [-0.1, -0.05) is 11.8 Å². The van der Waals surface area contributed by atoms with Crippen molar-refractivity contribution in [2.75, 3.05) is 26.3 Å². The number of nitrogens with zero attached hydrogens (tertiary/aromatic N) is 4. The van der Waals surface area contributed by atoms with Gasteiger partial charge < -0.3 is 14.2 Å². The Kier molecular flexibility index (Phi) is 4.01. The van der Waals surface area contributed by atoms with Crippen molar-refractivity contribution in [2.45, 2.75) is 17.3 Å². The first-order chi connectivity index (χ1) is 8.18. The molecule has 1 unspecified atom stereocenters. The molecule has 1 fully saturated rings. The Hall–Kier alpha value is -1.08. The van der Waals surface area contributed by atoms with E-state index in [4.69, 9.17) is 4.74 Å². The average molecular weight is 256 g/mol. The van der Waals surface area contributed by atoms with Crippen LogP contribution in [0, 0.1) is 0 Å².